The molecule has 1 heterocycles. The number of ether oxygens (including phenoxy) is 2. The first kappa shape index (κ1) is 20.4. The minimum Gasteiger partial charge on any atom is -0.469 e. The second-order valence-electron chi connectivity index (χ2n) is 8.30. The number of methoxy groups -OCH3 is 1. The molecular weight excluding hydrogens is 294 g/mol. The standard InChI is InChI=1S/C18H35NO4/c1-7-8-9-23-11-14(20)10-18(15(21)22-6)12-16(2,3)19-17(4,5)13-18/h14,19-20H,7-13H2,1-6H3. The molecule has 0 spiro atoms. The number of nitrogens with one attached hydrogen (secondary N) is 1. The molecule has 1 saturated heterocycles. The van der Waals surface area contributed by atoms with Gasteiger partial charge in [-0.2, -0.15) is 0 Å². The highest BCUT2D eigenvalue weighted by atomic mass is 16.5. The molecule has 0 aromatic carbocycles. The lowest BCUT2D eigenvalue weighted by Crippen LogP contribution is -2.63. The number of esters is 1. The summed E-state index contributed by atoms with van der Waals surface area (Å²) in [5, 5.41) is 14.0. The number of carbonyl (C=O) groups excluding carboxylic acids is 1. The first-order valence-electron chi connectivity index (χ1n) is 8.69. The van der Waals surface area contributed by atoms with Crippen molar-refractivity contribution >= 4 is 5.97 Å². The average Bonchev–Trinajstić information content (AvgIpc) is 2.39. The van der Waals surface area contributed by atoms with Crippen molar-refractivity contribution in [1.82, 2.24) is 5.32 Å². The molecule has 1 rings (SSSR count). The first-order chi connectivity index (χ1) is 10.6. The smallest absolute Gasteiger partial charge is 0.312 e. The third-order valence-corrected chi connectivity index (χ3v) is 4.43. The maximum Gasteiger partial charge on any atom is 0.312 e. The van der Waals surface area contributed by atoms with Gasteiger partial charge < -0.3 is 19.9 Å². The summed E-state index contributed by atoms with van der Waals surface area (Å²) >= 11 is 0. The van der Waals surface area contributed by atoms with E-state index in [1.165, 1.54) is 7.11 Å². The Morgan fingerprint density at radius 3 is 2.26 bits per heavy atom. The summed E-state index contributed by atoms with van der Waals surface area (Å²) in [6.45, 7) is 11.4. The van der Waals surface area contributed by atoms with Crippen molar-refractivity contribution in [3.05, 3.63) is 0 Å². The van der Waals surface area contributed by atoms with E-state index in [9.17, 15) is 9.90 Å². The Bertz CT molecular complexity index is 376. The van der Waals surface area contributed by atoms with Crippen LogP contribution in [0.15, 0.2) is 0 Å². The summed E-state index contributed by atoms with van der Waals surface area (Å²) in [5.41, 5.74) is -1.07. The van der Waals surface area contributed by atoms with Crippen molar-refractivity contribution in [1.29, 1.82) is 0 Å². The number of rotatable bonds is 8. The quantitative estimate of drug-likeness (QED) is 0.529. The van der Waals surface area contributed by atoms with Gasteiger partial charge in [0, 0.05) is 17.7 Å². The Hall–Kier alpha value is -0.650. The Morgan fingerprint density at radius 2 is 1.78 bits per heavy atom. The Labute approximate surface area is 141 Å². The molecule has 1 unspecified atom stereocenters. The second kappa shape index (κ2) is 7.95. The van der Waals surface area contributed by atoms with Gasteiger partial charge in [0.2, 0.25) is 0 Å². The molecule has 0 bridgehead atoms. The van der Waals surface area contributed by atoms with Crippen LogP contribution in [0.2, 0.25) is 0 Å². The van der Waals surface area contributed by atoms with Crippen molar-refractivity contribution < 1.29 is 19.4 Å². The summed E-state index contributed by atoms with van der Waals surface area (Å²) in [5.74, 6) is -0.229. The zero-order valence-electron chi connectivity index (χ0n) is 15.7. The number of hydrogen-bond donors (Lipinski definition) is 2. The van der Waals surface area contributed by atoms with Gasteiger partial charge in [0.05, 0.1) is 25.2 Å². The summed E-state index contributed by atoms with van der Waals surface area (Å²) in [6, 6.07) is 0. The van der Waals surface area contributed by atoms with Crippen LogP contribution in [0.1, 0.15) is 66.7 Å². The topological polar surface area (TPSA) is 67.8 Å². The molecule has 136 valence electrons. The first-order valence-corrected chi connectivity index (χ1v) is 8.69. The minimum atomic E-state index is -0.680. The van der Waals surface area contributed by atoms with Crippen LogP contribution in [0.5, 0.6) is 0 Å². The average molecular weight is 329 g/mol. The molecule has 0 radical (unpaired) electrons. The molecule has 5 nitrogen and oxygen atoms in total. The molecule has 1 aliphatic heterocycles. The Morgan fingerprint density at radius 1 is 1.22 bits per heavy atom. The van der Waals surface area contributed by atoms with Crippen LogP contribution in [0.3, 0.4) is 0 Å². The third kappa shape index (κ3) is 6.05. The van der Waals surface area contributed by atoms with Crippen LogP contribution in [0.4, 0.5) is 0 Å². The van der Waals surface area contributed by atoms with Crippen LogP contribution in [0, 0.1) is 5.41 Å². The van der Waals surface area contributed by atoms with E-state index in [2.05, 4.69) is 39.9 Å². The molecule has 5 heteroatoms. The van der Waals surface area contributed by atoms with Gasteiger partial charge in [0.25, 0.3) is 0 Å². The second-order valence-corrected chi connectivity index (χ2v) is 8.30. The maximum atomic E-state index is 12.6. The van der Waals surface area contributed by atoms with E-state index in [1.54, 1.807) is 0 Å². The highest BCUT2D eigenvalue weighted by Crippen LogP contribution is 2.46. The lowest BCUT2D eigenvalue weighted by atomic mass is 9.63. The van der Waals surface area contributed by atoms with Crippen molar-refractivity contribution in [2.24, 2.45) is 5.41 Å². The van der Waals surface area contributed by atoms with Gasteiger partial charge in [-0.3, -0.25) is 4.79 Å². The third-order valence-electron chi connectivity index (χ3n) is 4.43. The SMILES string of the molecule is CCCCOCC(O)CC1(C(=O)OC)CC(C)(C)NC(C)(C)C1. The van der Waals surface area contributed by atoms with Crippen LogP contribution in [-0.2, 0) is 14.3 Å². The van der Waals surface area contributed by atoms with E-state index in [0.29, 0.717) is 25.9 Å². The Balaban J connectivity index is 2.84. The molecule has 0 aromatic heterocycles. The fourth-order valence-corrected chi connectivity index (χ4v) is 4.32. The number of unbranched alkanes of at least 4 members (excludes halogenated alkanes) is 1. The predicted molar refractivity (Wildman–Crippen MR) is 91.3 cm³/mol. The van der Waals surface area contributed by atoms with Crippen LogP contribution < -0.4 is 5.32 Å². The maximum absolute atomic E-state index is 12.6. The van der Waals surface area contributed by atoms with Gasteiger partial charge >= 0.3 is 5.97 Å². The van der Waals surface area contributed by atoms with E-state index in [-0.39, 0.29) is 23.7 Å². The van der Waals surface area contributed by atoms with Gasteiger partial charge in [-0.1, -0.05) is 13.3 Å². The molecule has 0 amide bonds. The molecule has 1 fully saturated rings. The zero-order chi connectivity index (χ0) is 17.7. The van der Waals surface area contributed by atoms with Crippen molar-refractivity contribution in [2.45, 2.75) is 83.9 Å². The van der Waals surface area contributed by atoms with Gasteiger partial charge in [-0.15, -0.1) is 0 Å². The Kier molecular flexibility index (Phi) is 7.05. The highest BCUT2D eigenvalue weighted by molar-refractivity contribution is 5.77. The lowest BCUT2D eigenvalue weighted by molar-refractivity contribution is -0.162. The summed E-state index contributed by atoms with van der Waals surface area (Å²) in [7, 11) is 1.43. The number of carbonyl (C=O) groups is 1. The van der Waals surface area contributed by atoms with Crippen molar-refractivity contribution in [3.63, 3.8) is 0 Å². The molecular formula is C18H35NO4. The number of aliphatic hydroxyl groups excluding tert-OH is 1. The minimum absolute atomic E-state index is 0.196. The molecule has 2 N–H and O–H groups in total. The molecule has 1 aliphatic rings. The van der Waals surface area contributed by atoms with E-state index in [0.717, 1.165) is 12.8 Å². The van der Waals surface area contributed by atoms with Crippen molar-refractivity contribution in [2.75, 3.05) is 20.3 Å². The summed E-state index contributed by atoms with van der Waals surface area (Å²) in [6.07, 6.45) is 3.05. The van der Waals surface area contributed by atoms with E-state index in [1.807, 2.05) is 0 Å². The van der Waals surface area contributed by atoms with Crippen LogP contribution in [0.25, 0.3) is 0 Å². The normalized spacial score (nSPS) is 23.3. The van der Waals surface area contributed by atoms with Gasteiger partial charge in [0.15, 0.2) is 0 Å². The molecule has 0 saturated carbocycles. The van der Waals surface area contributed by atoms with Gasteiger partial charge in [-0.25, -0.2) is 0 Å². The van der Waals surface area contributed by atoms with Crippen LogP contribution in [-0.4, -0.2) is 48.6 Å². The molecule has 0 aliphatic carbocycles. The lowest BCUT2D eigenvalue weighted by Gasteiger charge is -2.52. The largest absolute Gasteiger partial charge is 0.469 e. The number of hydrogen-bond acceptors (Lipinski definition) is 5. The number of piperidine rings is 1. The fraction of sp³-hybridized carbons (Fsp3) is 0.944. The predicted octanol–water partition coefficient (Wildman–Crippen LogP) is 2.65. The van der Waals surface area contributed by atoms with Gasteiger partial charge in [0.1, 0.15) is 0 Å². The zero-order valence-corrected chi connectivity index (χ0v) is 15.7. The van der Waals surface area contributed by atoms with E-state index >= 15 is 0 Å². The molecule has 1 atom stereocenters. The van der Waals surface area contributed by atoms with Crippen molar-refractivity contribution in [3.8, 4) is 0 Å². The monoisotopic (exact) mass is 329 g/mol. The van der Waals surface area contributed by atoms with E-state index in [4.69, 9.17) is 9.47 Å². The highest BCUT2D eigenvalue weighted by Gasteiger charge is 2.52. The molecule has 23 heavy (non-hydrogen) atoms. The fourth-order valence-electron chi connectivity index (χ4n) is 4.32. The van der Waals surface area contributed by atoms with Crippen LogP contribution >= 0.6 is 0 Å². The van der Waals surface area contributed by atoms with E-state index < -0.39 is 11.5 Å². The van der Waals surface area contributed by atoms with Gasteiger partial charge in [-0.05, 0) is 53.4 Å². The summed E-state index contributed by atoms with van der Waals surface area (Å²) in [4.78, 5) is 12.6. The summed E-state index contributed by atoms with van der Waals surface area (Å²) < 4.78 is 10.6. The molecule has 0 aromatic rings. The number of aliphatic hydroxyl groups is 1.